The number of rotatable bonds is 5. The van der Waals surface area contributed by atoms with Crippen molar-refractivity contribution in [2.75, 3.05) is 6.54 Å². The number of nitrogens with one attached hydrogen (secondary N) is 1. The van der Waals surface area contributed by atoms with Crippen LogP contribution in [0.3, 0.4) is 0 Å². The largest absolute Gasteiger partial charge is 0.489 e. The van der Waals surface area contributed by atoms with Crippen LogP contribution in [0, 0.1) is 17.8 Å². The first kappa shape index (κ1) is 20.5. The van der Waals surface area contributed by atoms with E-state index < -0.39 is 0 Å². The van der Waals surface area contributed by atoms with E-state index in [9.17, 15) is 4.79 Å². The van der Waals surface area contributed by atoms with Gasteiger partial charge >= 0.3 is 0 Å². The second kappa shape index (κ2) is 9.24. The molecule has 4 nitrogen and oxygen atoms in total. The van der Waals surface area contributed by atoms with Gasteiger partial charge in [-0.2, -0.15) is 0 Å². The molecule has 0 aromatic heterocycles. The Kier molecular flexibility index (Phi) is 7.59. The number of hydrogen-bond donors (Lipinski definition) is 2. The minimum Gasteiger partial charge on any atom is -0.489 e. The van der Waals surface area contributed by atoms with Crippen molar-refractivity contribution in [3.8, 4) is 5.75 Å². The average molecular weight is 432 g/mol. The van der Waals surface area contributed by atoms with Gasteiger partial charge in [-0.25, -0.2) is 0 Å². The van der Waals surface area contributed by atoms with Gasteiger partial charge in [-0.15, -0.1) is 12.4 Å². The summed E-state index contributed by atoms with van der Waals surface area (Å²) in [4.78, 5) is 12.5. The average Bonchev–Trinajstić information content (AvgIpc) is 2.54. The van der Waals surface area contributed by atoms with Gasteiger partial charge < -0.3 is 15.8 Å². The second-order valence-corrected chi connectivity index (χ2v) is 8.24. The van der Waals surface area contributed by atoms with Gasteiger partial charge in [-0.3, -0.25) is 4.79 Å². The summed E-state index contributed by atoms with van der Waals surface area (Å²) in [7, 11) is 0. The summed E-state index contributed by atoms with van der Waals surface area (Å²) in [5, 5.41) is 3.07. The highest BCUT2D eigenvalue weighted by Gasteiger charge is 2.40. The summed E-state index contributed by atoms with van der Waals surface area (Å²) in [6, 6.07) is 8.05. The van der Waals surface area contributed by atoms with Gasteiger partial charge in [0, 0.05) is 16.4 Å². The van der Waals surface area contributed by atoms with Crippen LogP contribution in [0.5, 0.6) is 5.75 Å². The number of benzene rings is 1. The Morgan fingerprint density at radius 3 is 2.48 bits per heavy atom. The van der Waals surface area contributed by atoms with E-state index in [2.05, 4.69) is 21.2 Å². The molecular formula is C19H28BrClN2O2. The normalized spacial score (nSPS) is 29.2. The molecule has 3 rings (SSSR count). The maximum absolute atomic E-state index is 12.5. The number of carbonyl (C=O) groups is 1. The molecule has 0 heterocycles. The summed E-state index contributed by atoms with van der Waals surface area (Å²) < 4.78 is 6.87. The number of halogens is 2. The Labute approximate surface area is 164 Å². The van der Waals surface area contributed by atoms with E-state index in [1.54, 1.807) is 0 Å². The van der Waals surface area contributed by atoms with Crippen LogP contribution in [0.2, 0.25) is 0 Å². The van der Waals surface area contributed by atoms with Gasteiger partial charge in [-0.05, 0) is 68.7 Å². The smallest absolute Gasteiger partial charge is 0.223 e. The van der Waals surface area contributed by atoms with Crippen LogP contribution >= 0.6 is 28.3 Å². The molecule has 6 heteroatoms. The van der Waals surface area contributed by atoms with Gasteiger partial charge in [0.15, 0.2) is 0 Å². The molecule has 2 bridgehead atoms. The molecule has 2 fully saturated rings. The minimum absolute atomic E-state index is 0. The van der Waals surface area contributed by atoms with Crippen LogP contribution in [-0.4, -0.2) is 24.6 Å². The van der Waals surface area contributed by atoms with Gasteiger partial charge in [-0.1, -0.05) is 22.4 Å². The molecular weight excluding hydrogens is 404 g/mol. The number of ether oxygens (including phenoxy) is 1. The fourth-order valence-electron chi connectivity index (χ4n) is 4.18. The lowest BCUT2D eigenvalue weighted by atomic mass is 9.65. The zero-order chi connectivity index (χ0) is 17.1. The number of amides is 1. The van der Waals surface area contributed by atoms with E-state index >= 15 is 0 Å². The third-order valence-corrected chi connectivity index (χ3v) is 6.03. The fourth-order valence-corrected chi connectivity index (χ4v) is 4.44. The topological polar surface area (TPSA) is 64.4 Å². The second-order valence-electron chi connectivity index (χ2n) is 7.32. The first-order valence-corrected chi connectivity index (χ1v) is 9.77. The summed E-state index contributed by atoms with van der Waals surface area (Å²) in [5.74, 6) is 2.18. The molecule has 0 radical (unpaired) electrons. The number of nitrogens with two attached hydrogens (primary N) is 1. The molecule has 1 aromatic rings. The fraction of sp³-hybridized carbons (Fsp3) is 0.632. The third-order valence-electron chi connectivity index (χ3n) is 5.50. The molecule has 2 aliphatic rings. The van der Waals surface area contributed by atoms with E-state index in [0.29, 0.717) is 24.4 Å². The number of fused-ring (bicyclic) bond motifs is 2. The van der Waals surface area contributed by atoms with Crippen LogP contribution in [-0.2, 0) is 4.79 Å². The molecule has 25 heavy (non-hydrogen) atoms. The quantitative estimate of drug-likeness (QED) is 0.743. The van der Waals surface area contributed by atoms with Gasteiger partial charge in [0.25, 0.3) is 0 Å². The third kappa shape index (κ3) is 5.35. The zero-order valence-electron chi connectivity index (χ0n) is 14.6. The SMILES string of the molecule is CC(CNC(=O)C1CC2CCCC(C1)C2N)Oc1ccc(Br)cc1.Cl. The lowest BCUT2D eigenvalue weighted by Gasteiger charge is -2.43. The van der Waals surface area contributed by atoms with Crippen molar-refractivity contribution in [1.82, 2.24) is 5.32 Å². The van der Waals surface area contributed by atoms with Crippen LogP contribution in [0.4, 0.5) is 0 Å². The molecule has 3 unspecified atom stereocenters. The van der Waals surface area contributed by atoms with Crippen molar-refractivity contribution in [2.45, 2.75) is 51.2 Å². The molecule has 2 aliphatic carbocycles. The summed E-state index contributed by atoms with van der Waals surface area (Å²) in [6.45, 7) is 2.51. The standard InChI is InChI=1S/C19H27BrN2O2.ClH/c1-12(24-17-7-5-16(20)6-8-17)11-22-19(23)15-9-13-3-2-4-14(10-15)18(13)21;/h5-8,12-15,18H,2-4,9-11,21H2,1H3,(H,22,23);1H. The van der Waals surface area contributed by atoms with E-state index in [0.717, 1.165) is 23.1 Å². The summed E-state index contributed by atoms with van der Waals surface area (Å²) >= 11 is 3.41. The van der Waals surface area contributed by atoms with E-state index in [1.807, 2.05) is 31.2 Å². The first-order chi connectivity index (χ1) is 11.5. The minimum atomic E-state index is -0.0551. The van der Waals surface area contributed by atoms with E-state index in [4.69, 9.17) is 10.5 Å². The van der Waals surface area contributed by atoms with Crippen LogP contribution in [0.25, 0.3) is 0 Å². The van der Waals surface area contributed by atoms with Gasteiger partial charge in [0.05, 0.1) is 6.54 Å². The molecule has 3 N–H and O–H groups in total. The monoisotopic (exact) mass is 430 g/mol. The number of carbonyl (C=O) groups excluding carboxylic acids is 1. The predicted octanol–water partition coefficient (Wildman–Crippen LogP) is 3.91. The number of hydrogen-bond acceptors (Lipinski definition) is 3. The molecule has 0 aliphatic heterocycles. The van der Waals surface area contributed by atoms with Crippen molar-refractivity contribution in [1.29, 1.82) is 0 Å². The van der Waals surface area contributed by atoms with E-state index in [-0.39, 0.29) is 30.3 Å². The Bertz CT molecular complexity index is 555. The van der Waals surface area contributed by atoms with Crippen LogP contribution in [0.1, 0.15) is 39.0 Å². The molecule has 0 saturated heterocycles. The van der Waals surface area contributed by atoms with Crippen molar-refractivity contribution in [3.05, 3.63) is 28.7 Å². The van der Waals surface area contributed by atoms with Crippen molar-refractivity contribution in [2.24, 2.45) is 23.5 Å². The highest BCUT2D eigenvalue weighted by molar-refractivity contribution is 9.10. The lowest BCUT2D eigenvalue weighted by molar-refractivity contribution is -0.128. The maximum Gasteiger partial charge on any atom is 0.223 e. The Hall–Kier alpha value is -0.780. The molecule has 1 aromatic carbocycles. The zero-order valence-corrected chi connectivity index (χ0v) is 17.0. The summed E-state index contributed by atoms with van der Waals surface area (Å²) in [5.41, 5.74) is 6.31. The van der Waals surface area contributed by atoms with E-state index in [1.165, 1.54) is 19.3 Å². The molecule has 3 atom stereocenters. The van der Waals surface area contributed by atoms with Crippen LogP contribution < -0.4 is 15.8 Å². The Morgan fingerprint density at radius 1 is 1.28 bits per heavy atom. The molecule has 1 amide bonds. The molecule has 0 spiro atoms. The van der Waals surface area contributed by atoms with Gasteiger partial charge in [0.1, 0.15) is 11.9 Å². The first-order valence-electron chi connectivity index (χ1n) is 8.98. The molecule has 2 saturated carbocycles. The Morgan fingerprint density at radius 2 is 1.88 bits per heavy atom. The molecule has 140 valence electrons. The van der Waals surface area contributed by atoms with Crippen molar-refractivity contribution >= 4 is 34.2 Å². The maximum atomic E-state index is 12.5. The highest BCUT2D eigenvalue weighted by atomic mass is 79.9. The van der Waals surface area contributed by atoms with Gasteiger partial charge in [0.2, 0.25) is 5.91 Å². The summed E-state index contributed by atoms with van der Waals surface area (Å²) in [6.07, 6.45) is 5.49. The highest BCUT2D eigenvalue weighted by Crippen LogP contribution is 2.41. The van der Waals surface area contributed by atoms with Crippen molar-refractivity contribution in [3.63, 3.8) is 0 Å². The lowest BCUT2D eigenvalue weighted by Crippen LogP contribution is -2.49. The Balaban J connectivity index is 0.00000225. The van der Waals surface area contributed by atoms with Crippen molar-refractivity contribution < 1.29 is 9.53 Å². The predicted molar refractivity (Wildman–Crippen MR) is 106 cm³/mol. The van der Waals surface area contributed by atoms with Crippen LogP contribution in [0.15, 0.2) is 28.7 Å².